The molecule has 6 heteroatoms. The van der Waals surface area contributed by atoms with Crippen LogP contribution in [0.5, 0.6) is 0 Å². The van der Waals surface area contributed by atoms with E-state index in [1.807, 2.05) is 18.4 Å². The van der Waals surface area contributed by atoms with Gasteiger partial charge in [0.1, 0.15) is 0 Å². The number of nitrogens with zero attached hydrogens (tertiary/aromatic N) is 1. The lowest BCUT2D eigenvalue weighted by atomic mass is 10.1. The molecule has 1 unspecified atom stereocenters. The predicted octanol–water partition coefficient (Wildman–Crippen LogP) is 3.45. The third-order valence-electron chi connectivity index (χ3n) is 3.64. The molecule has 1 heterocycles. The second-order valence-electron chi connectivity index (χ2n) is 5.67. The molecule has 0 bridgehead atoms. The quantitative estimate of drug-likeness (QED) is 0.269. The molecule has 0 radical (unpaired) electrons. The van der Waals surface area contributed by atoms with Gasteiger partial charge in [-0.15, -0.1) is 35.3 Å². The second-order valence-corrected chi connectivity index (χ2v) is 6.65. The van der Waals surface area contributed by atoms with Crippen molar-refractivity contribution < 1.29 is 4.74 Å². The van der Waals surface area contributed by atoms with Crippen molar-refractivity contribution >= 4 is 41.3 Å². The van der Waals surface area contributed by atoms with E-state index in [1.165, 1.54) is 17.7 Å². The van der Waals surface area contributed by atoms with Gasteiger partial charge in [-0.25, -0.2) is 0 Å². The average molecular weight is 437 g/mol. The molecule has 0 aliphatic heterocycles. The summed E-state index contributed by atoms with van der Waals surface area (Å²) in [6.07, 6.45) is 3.74. The van der Waals surface area contributed by atoms with E-state index >= 15 is 0 Å². The van der Waals surface area contributed by atoms with Crippen LogP contribution in [0.15, 0.2) is 22.5 Å². The SMILES string of the molecule is CN=C(NCCCOCC1CC1)NCC(C)c1cccs1.I. The van der Waals surface area contributed by atoms with Crippen LogP contribution in [-0.2, 0) is 4.74 Å². The Morgan fingerprint density at radius 1 is 1.45 bits per heavy atom. The minimum atomic E-state index is 0. The Labute approximate surface area is 155 Å². The first kappa shape index (κ1) is 19.7. The van der Waals surface area contributed by atoms with Crippen LogP contribution in [0.4, 0.5) is 0 Å². The molecule has 1 saturated carbocycles. The third-order valence-corrected chi connectivity index (χ3v) is 4.74. The monoisotopic (exact) mass is 437 g/mol. The van der Waals surface area contributed by atoms with Crippen LogP contribution in [0.3, 0.4) is 0 Å². The minimum Gasteiger partial charge on any atom is -0.381 e. The molecule has 22 heavy (non-hydrogen) atoms. The predicted molar refractivity (Wildman–Crippen MR) is 106 cm³/mol. The van der Waals surface area contributed by atoms with Gasteiger partial charge in [0.15, 0.2) is 5.96 Å². The van der Waals surface area contributed by atoms with E-state index in [9.17, 15) is 0 Å². The van der Waals surface area contributed by atoms with Gasteiger partial charge in [-0.05, 0) is 36.6 Å². The second kappa shape index (κ2) is 11.2. The standard InChI is InChI=1S/C16H27N3OS.HI/c1-13(15-5-3-10-21-15)11-19-16(17-2)18-8-4-9-20-12-14-6-7-14;/h3,5,10,13-14H,4,6-9,11-12H2,1-2H3,(H2,17,18,19);1H. The highest BCUT2D eigenvalue weighted by Crippen LogP contribution is 2.28. The maximum absolute atomic E-state index is 5.62. The zero-order valence-electron chi connectivity index (χ0n) is 13.5. The molecule has 0 saturated heterocycles. The van der Waals surface area contributed by atoms with E-state index in [4.69, 9.17) is 4.74 Å². The fourth-order valence-corrected chi connectivity index (χ4v) is 2.85. The first-order chi connectivity index (χ1) is 10.3. The number of hydrogen-bond acceptors (Lipinski definition) is 3. The van der Waals surface area contributed by atoms with E-state index in [1.54, 1.807) is 0 Å². The summed E-state index contributed by atoms with van der Waals surface area (Å²) in [5.74, 6) is 2.23. The van der Waals surface area contributed by atoms with Crippen LogP contribution in [0.2, 0.25) is 0 Å². The number of hydrogen-bond donors (Lipinski definition) is 2. The number of nitrogens with one attached hydrogen (secondary N) is 2. The Bertz CT molecular complexity index is 421. The van der Waals surface area contributed by atoms with Gasteiger partial charge >= 0.3 is 0 Å². The number of aliphatic imine (C=N–C) groups is 1. The Morgan fingerprint density at radius 3 is 2.91 bits per heavy atom. The highest BCUT2D eigenvalue weighted by molar-refractivity contribution is 14.0. The summed E-state index contributed by atoms with van der Waals surface area (Å²) in [6.45, 7) is 5.82. The maximum atomic E-state index is 5.62. The van der Waals surface area contributed by atoms with E-state index in [-0.39, 0.29) is 24.0 Å². The van der Waals surface area contributed by atoms with Crippen molar-refractivity contribution in [2.24, 2.45) is 10.9 Å². The average Bonchev–Trinajstić information content (AvgIpc) is 3.15. The normalized spacial score (nSPS) is 16.0. The number of halogens is 1. The lowest BCUT2D eigenvalue weighted by Gasteiger charge is -2.15. The molecular weight excluding hydrogens is 409 g/mol. The molecular formula is C16H28IN3OS. The Morgan fingerprint density at radius 2 is 2.27 bits per heavy atom. The topological polar surface area (TPSA) is 45.7 Å². The summed E-state index contributed by atoms with van der Waals surface area (Å²) >= 11 is 1.81. The number of ether oxygens (including phenoxy) is 1. The van der Waals surface area contributed by atoms with E-state index in [0.29, 0.717) is 5.92 Å². The van der Waals surface area contributed by atoms with Gasteiger partial charge in [-0.1, -0.05) is 13.0 Å². The van der Waals surface area contributed by atoms with E-state index in [0.717, 1.165) is 44.6 Å². The van der Waals surface area contributed by atoms with E-state index in [2.05, 4.69) is 40.1 Å². The smallest absolute Gasteiger partial charge is 0.190 e. The molecule has 1 aromatic heterocycles. The molecule has 126 valence electrons. The Balaban J connectivity index is 0.00000242. The number of rotatable bonds is 9. The Hall–Kier alpha value is -0.340. The fraction of sp³-hybridized carbons (Fsp3) is 0.688. The van der Waals surface area contributed by atoms with Crippen molar-refractivity contribution in [3.63, 3.8) is 0 Å². The molecule has 2 rings (SSSR count). The van der Waals surface area contributed by atoms with Gasteiger partial charge in [-0.3, -0.25) is 4.99 Å². The Kier molecular flexibility index (Phi) is 10.1. The van der Waals surface area contributed by atoms with Crippen molar-refractivity contribution in [3.8, 4) is 0 Å². The molecule has 1 aliphatic carbocycles. The van der Waals surface area contributed by atoms with Gasteiger partial charge < -0.3 is 15.4 Å². The van der Waals surface area contributed by atoms with Gasteiger partial charge in [0.05, 0.1) is 0 Å². The molecule has 0 spiro atoms. The van der Waals surface area contributed by atoms with Gasteiger partial charge in [0, 0.05) is 44.1 Å². The number of guanidine groups is 1. The van der Waals surface area contributed by atoms with Crippen LogP contribution in [0.1, 0.15) is 37.0 Å². The largest absolute Gasteiger partial charge is 0.381 e. The molecule has 1 fully saturated rings. The highest BCUT2D eigenvalue weighted by Gasteiger charge is 2.20. The van der Waals surface area contributed by atoms with Crippen LogP contribution < -0.4 is 10.6 Å². The molecule has 4 nitrogen and oxygen atoms in total. The zero-order valence-corrected chi connectivity index (χ0v) is 16.7. The first-order valence-electron chi connectivity index (χ1n) is 7.85. The molecule has 0 aromatic carbocycles. The lowest BCUT2D eigenvalue weighted by Crippen LogP contribution is -2.39. The first-order valence-corrected chi connectivity index (χ1v) is 8.73. The zero-order chi connectivity index (χ0) is 14.9. The number of thiophene rings is 1. The van der Waals surface area contributed by atoms with Crippen LogP contribution >= 0.6 is 35.3 Å². The molecule has 0 amide bonds. The summed E-state index contributed by atoms with van der Waals surface area (Å²) in [5.41, 5.74) is 0. The summed E-state index contributed by atoms with van der Waals surface area (Å²) in [4.78, 5) is 5.66. The molecule has 1 atom stereocenters. The molecule has 2 N–H and O–H groups in total. The van der Waals surface area contributed by atoms with Crippen LogP contribution in [0, 0.1) is 5.92 Å². The summed E-state index contributed by atoms with van der Waals surface area (Å²) in [7, 11) is 1.81. The van der Waals surface area contributed by atoms with Crippen molar-refractivity contribution in [1.82, 2.24) is 10.6 Å². The van der Waals surface area contributed by atoms with Crippen molar-refractivity contribution in [3.05, 3.63) is 22.4 Å². The lowest BCUT2D eigenvalue weighted by molar-refractivity contribution is 0.123. The van der Waals surface area contributed by atoms with Gasteiger partial charge in [0.25, 0.3) is 0 Å². The van der Waals surface area contributed by atoms with E-state index < -0.39 is 0 Å². The van der Waals surface area contributed by atoms with Crippen molar-refractivity contribution in [2.45, 2.75) is 32.1 Å². The third kappa shape index (κ3) is 7.78. The van der Waals surface area contributed by atoms with Gasteiger partial charge in [0.2, 0.25) is 0 Å². The highest BCUT2D eigenvalue weighted by atomic mass is 127. The molecule has 1 aliphatic rings. The maximum Gasteiger partial charge on any atom is 0.190 e. The van der Waals surface area contributed by atoms with Crippen molar-refractivity contribution in [1.29, 1.82) is 0 Å². The summed E-state index contributed by atoms with van der Waals surface area (Å²) in [6, 6.07) is 4.29. The van der Waals surface area contributed by atoms with Gasteiger partial charge in [-0.2, -0.15) is 0 Å². The summed E-state index contributed by atoms with van der Waals surface area (Å²) in [5, 5.41) is 8.84. The summed E-state index contributed by atoms with van der Waals surface area (Å²) < 4.78 is 5.62. The van der Waals surface area contributed by atoms with Crippen LogP contribution in [0.25, 0.3) is 0 Å². The van der Waals surface area contributed by atoms with Crippen molar-refractivity contribution in [2.75, 3.05) is 33.4 Å². The molecule has 1 aromatic rings. The van der Waals surface area contributed by atoms with Crippen LogP contribution in [-0.4, -0.2) is 39.3 Å². The minimum absolute atomic E-state index is 0. The fourth-order valence-electron chi connectivity index (χ4n) is 2.06.